The van der Waals surface area contributed by atoms with E-state index in [0.29, 0.717) is 18.3 Å². The fourth-order valence-corrected chi connectivity index (χ4v) is 3.30. The molecule has 0 bridgehead atoms. The molecule has 1 aliphatic heterocycles. The quantitative estimate of drug-likeness (QED) is 0.299. The second-order valence-electron chi connectivity index (χ2n) is 6.81. The van der Waals surface area contributed by atoms with Crippen LogP contribution in [0.1, 0.15) is 55.8 Å². The van der Waals surface area contributed by atoms with Crippen LogP contribution < -0.4 is 16.4 Å². The van der Waals surface area contributed by atoms with Crippen LogP contribution in [0.5, 0.6) is 0 Å². The summed E-state index contributed by atoms with van der Waals surface area (Å²) >= 11 is 0. The summed E-state index contributed by atoms with van der Waals surface area (Å²) in [6, 6.07) is 3.53. The number of rotatable bonds is 7. The van der Waals surface area contributed by atoms with Gasteiger partial charge in [0.2, 0.25) is 5.91 Å². The highest BCUT2D eigenvalue weighted by Gasteiger charge is 2.26. The largest absolute Gasteiger partial charge is 0.454 e. The minimum absolute atomic E-state index is 0. The Morgan fingerprint density at radius 1 is 1.29 bits per heavy atom. The number of piperidine rings is 1. The summed E-state index contributed by atoms with van der Waals surface area (Å²) in [6.07, 6.45) is 3.57. The number of hydrogen-bond acceptors (Lipinski definition) is 4. The summed E-state index contributed by atoms with van der Waals surface area (Å²) < 4.78 is 5.35. The molecule has 0 spiro atoms. The second kappa shape index (κ2) is 11.9. The summed E-state index contributed by atoms with van der Waals surface area (Å²) in [5, 5.41) is 6.56. The van der Waals surface area contributed by atoms with Gasteiger partial charge in [-0.1, -0.05) is 13.8 Å². The minimum Gasteiger partial charge on any atom is -0.454 e. The lowest BCUT2D eigenvalue weighted by molar-refractivity contribution is -0.136. The molecular formula is C19H32IN5O3. The lowest BCUT2D eigenvalue weighted by Crippen LogP contribution is -2.50. The molecule has 158 valence electrons. The molecule has 8 nitrogen and oxygen atoms in total. The highest BCUT2D eigenvalue weighted by Crippen LogP contribution is 2.17. The van der Waals surface area contributed by atoms with Crippen LogP contribution in [0, 0.1) is 5.92 Å². The minimum atomic E-state index is -0.585. The first-order valence-corrected chi connectivity index (χ1v) is 9.62. The van der Waals surface area contributed by atoms with Crippen LogP contribution >= 0.6 is 24.0 Å². The third kappa shape index (κ3) is 6.68. The third-order valence-electron chi connectivity index (χ3n) is 5.04. The molecule has 0 aliphatic carbocycles. The smallest absolute Gasteiger partial charge is 0.284 e. The molecule has 28 heavy (non-hydrogen) atoms. The van der Waals surface area contributed by atoms with E-state index >= 15 is 0 Å². The number of nitrogens with one attached hydrogen (secondary N) is 2. The van der Waals surface area contributed by atoms with Gasteiger partial charge in [0.05, 0.1) is 6.54 Å². The Kier molecular flexibility index (Phi) is 10.3. The Morgan fingerprint density at radius 2 is 1.93 bits per heavy atom. The van der Waals surface area contributed by atoms with Crippen molar-refractivity contribution in [3.63, 3.8) is 0 Å². The molecule has 0 radical (unpaired) electrons. The van der Waals surface area contributed by atoms with Gasteiger partial charge < -0.3 is 25.7 Å². The van der Waals surface area contributed by atoms with Crippen LogP contribution in [0.2, 0.25) is 0 Å². The van der Waals surface area contributed by atoms with E-state index in [-0.39, 0.29) is 47.6 Å². The van der Waals surface area contributed by atoms with E-state index in [2.05, 4.69) is 29.5 Å². The Labute approximate surface area is 183 Å². The number of primary amides is 1. The first-order valence-electron chi connectivity index (χ1n) is 9.62. The summed E-state index contributed by atoms with van der Waals surface area (Å²) in [7, 11) is 1.71. The van der Waals surface area contributed by atoms with Gasteiger partial charge in [-0.15, -0.1) is 24.0 Å². The maximum Gasteiger partial charge on any atom is 0.284 e. The molecule has 9 heteroatoms. The molecule has 1 fully saturated rings. The van der Waals surface area contributed by atoms with E-state index in [1.54, 1.807) is 19.2 Å². The zero-order valence-corrected chi connectivity index (χ0v) is 19.2. The van der Waals surface area contributed by atoms with Crippen LogP contribution in [0.15, 0.2) is 21.5 Å². The average Bonchev–Trinajstić information content (AvgIpc) is 3.16. The van der Waals surface area contributed by atoms with Crippen molar-refractivity contribution in [1.29, 1.82) is 0 Å². The predicted molar refractivity (Wildman–Crippen MR) is 120 cm³/mol. The summed E-state index contributed by atoms with van der Waals surface area (Å²) in [6.45, 7) is 6.08. The molecule has 2 rings (SSSR count). The average molecular weight is 505 g/mol. The molecule has 1 aromatic rings. The molecule has 0 unspecified atom stereocenters. The number of aliphatic imine (C=N–C) groups is 1. The van der Waals surface area contributed by atoms with Crippen molar-refractivity contribution in [3.05, 3.63) is 23.7 Å². The van der Waals surface area contributed by atoms with Crippen molar-refractivity contribution >= 4 is 41.8 Å². The molecule has 2 amide bonds. The number of halogens is 1. The molecular weight excluding hydrogens is 473 g/mol. The molecule has 0 aromatic carbocycles. The van der Waals surface area contributed by atoms with Crippen molar-refractivity contribution < 1.29 is 14.0 Å². The van der Waals surface area contributed by atoms with Crippen molar-refractivity contribution in [2.45, 2.75) is 52.1 Å². The molecule has 0 atom stereocenters. The van der Waals surface area contributed by atoms with Gasteiger partial charge in [0, 0.05) is 32.1 Å². The normalized spacial score (nSPS) is 15.3. The lowest BCUT2D eigenvalue weighted by atomic mass is 9.98. The lowest BCUT2D eigenvalue weighted by Gasteiger charge is -2.34. The third-order valence-corrected chi connectivity index (χ3v) is 5.04. The summed E-state index contributed by atoms with van der Waals surface area (Å²) in [5.74, 6) is 1.25. The van der Waals surface area contributed by atoms with E-state index < -0.39 is 5.91 Å². The molecule has 1 aliphatic rings. The number of guanidine groups is 1. The van der Waals surface area contributed by atoms with Gasteiger partial charge in [-0.3, -0.25) is 14.6 Å². The monoisotopic (exact) mass is 505 g/mol. The SMILES string of the molecule is CCC(CC)C(=O)N1CCC(NC(=NC)NCc2ccc(C(N)=O)o2)CC1.I. The number of nitrogens with zero attached hydrogens (tertiary/aromatic N) is 2. The summed E-state index contributed by atoms with van der Waals surface area (Å²) in [5.41, 5.74) is 5.18. The van der Waals surface area contributed by atoms with Gasteiger partial charge in [-0.05, 0) is 37.8 Å². The summed E-state index contributed by atoms with van der Waals surface area (Å²) in [4.78, 5) is 29.8. The number of carbonyl (C=O) groups is 2. The van der Waals surface area contributed by atoms with Crippen LogP contribution in [-0.2, 0) is 11.3 Å². The van der Waals surface area contributed by atoms with Gasteiger partial charge in [0.15, 0.2) is 11.7 Å². The number of hydrogen-bond donors (Lipinski definition) is 3. The number of furan rings is 1. The number of amides is 2. The van der Waals surface area contributed by atoms with Crippen molar-refractivity contribution in [2.75, 3.05) is 20.1 Å². The topological polar surface area (TPSA) is 113 Å². The Bertz CT molecular complexity index is 664. The zero-order chi connectivity index (χ0) is 19.8. The molecule has 4 N–H and O–H groups in total. The van der Waals surface area contributed by atoms with E-state index in [0.717, 1.165) is 38.8 Å². The highest BCUT2D eigenvalue weighted by molar-refractivity contribution is 14.0. The van der Waals surface area contributed by atoms with Crippen molar-refractivity contribution in [1.82, 2.24) is 15.5 Å². The van der Waals surface area contributed by atoms with E-state index in [9.17, 15) is 9.59 Å². The second-order valence-corrected chi connectivity index (χ2v) is 6.81. The van der Waals surface area contributed by atoms with E-state index in [4.69, 9.17) is 10.2 Å². The van der Waals surface area contributed by atoms with Crippen LogP contribution in [0.4, 0.5) is 0 Å². The van der Waals surface area contributed by atoms with Crippen LogP contribution in [0.25, 0.3) is 0 Å². The first-order chi connectivity index (χ1) is 13.0. The fraction of sp³-hybridized carbons (Fsp3) is 0.632. The van der Waals surface area contributed by atoms with Crippen molar-refractivity contribution in [2.24, 2.45) is 16.6 Å². The number of nitrogens with two attached hydrogens (primary N) is 1. The number of likely N-dealkylation sites (tertiary alicyclic amines) is 1. The van der Waals surface area contributed by atoms with Crippen LogP contribution in [0.3, 0.4) is 0 Å². The Balaban J connectivity index is 0.00000392. The molecule has 1 aromatic heterocycles. The highest BCUT2D eigenvalue weighted by atomic mass is 127. The van der Waals surface area contributed by atoms with Crippen molar-refractivity contribution in [3.8, 4) is 0 Å². The maximum atomic E-state index is 12.5. The molecule has 1 saturated heterocycles. The van der Waals surface area contributed by atoms with Gasteiger partial charge >= 0.3 is 0 Å². The van der Waals surface area contributed by atoms with Gasteiger partial charge in [-0.25, -0.2) is 0 Å². The van der Waals surface area contributed by atoms with E-state index in [1.807, 2.05) is 4.90 Å². The zero-order valence-electron chi connectivity index (χ0n) is 16.9. The van der Waals surface area contributed by atoms with E-state index in [1.165, 1.54) is 0 Å². The fourth-order valence-electron chi connectivity index (χ4n) is 3.30. The standard InChI is InChI=1S/C19H31N5O3.HI/c1-4-13(5-2)18(26)24-10-8-14(9-11-24)23-19(21-3)22-12-15-6-7-16(27-15)17(20)25;/h6-7,13-14H,4-5,8-12H2,1-3H3,(H2,20,25)(H2,21,22,23);1H. The maximum absolute atomic E-state index is 12.5. The van der Waals surface area contributed by atoms with Gasteiger partial charge in [-0.2, -0.15) is 0 Å². The molecule has 0 saturated carbocycles. The Morgan fingerprint density at radius 3 is 2.43 bits per heavy atom. The first kappa shape index (κ1) is 24.3. The van der Waals surface area contributed by atoms with Crippen LogP contribution in [-0.4, -0.2) is 48.9 Å². The van der Waals surface area contributed by atoms with Gasteiger partial charge in [0.25, 0.3) is 5.91 Å². The van der Waals surface area contributed by atoms with Gasteiger partial charge in [0.1, 0.15) is 5.76 Å². The predicted octanol–water partition coefficient (Wildman–Crippen LogP) is 2.09. The number of carbonyl (C=O) groups excluding carboxylic acids is 2. The molecule has 2 heterocycles. The Hall–Kier alpha value is -1.78.